The summed E-state index contributed by atoms with van der Waals surface area (Å²) in [6.45, 7) is 5.65. The summed E-state index contributed by atoms with van der Waals surface area (Å²) < 4.78 is 1.84. The van der Waals surface area contributed by atoms with E-state index >= 15 is 0 Å². The Balaban J connectivity index is 1.43. The average molecular weight is 346 g/mol. The Morgan fingerprint density at radius 1 is 1.04 bits per heavy atom. The topological polar surface area (TPSA) is 71.4 Å². The first-order valence-corrected chi connectivity index (χ1v) is 8.83. The number of nitrogens with zero attached hydrogens (tertiary/aromatic N) is 4. The molecule has 132 valence electrons. The van der Waals surface area contributed by atoms with Crippen LogP contribution in [-0.4, -0.2) is 31.7 Å². The second kappa shape index (κ2) is 7.09. The molecule has 0 atom stereocenters. The lowest BCUT2D eigenvalue weighted by atomic mass is 10.1. The standard InChI is InChI=1S/C20H22N6/c1-14-6-5-7-15(2)20(14)26-19(23-24-25-26)13-21-11-10-16-12-22-18-9-4-3-8-17(16)18/h3-9,12,21-22H,10-11,13H2,1-2H3. The van der Waals surface area contributed by atoms with Gasteiger partial charge in [-0.05, 0) is 60.0 Å². The van der Waals surface area contributed by atoms with Crippen molar-refractivity contribution in [1.82, 2.24) is 30.5 Å². The lowest BCUT2D eigenvalue weighted by Gasteiger charge is -2.11. The first-order chi connectivity index (χ1) is 12.7. The molecule has 2 N–H and O–H groups in total. The molecule has 0 aliphatic rings. The average Bonchev–Trinajstić information content (AvgIpc) is 3.26. The maximum atomic E-state index is 4.19. The number of aromatic amines is 1. The van der Waals surface area contributed by atoms with E-state index in [0.29, 0.717) is 6.54 Å². The van der Waals surface area contributed by atoms with Crippen LogP contribution >= 0.6 is 0 Å². The number of nitrogens with one attached hydrogen (secondary N) is 2. The van der Waals surface area contributed by atoms with Crippen LogP contribution < -0.4 is 5.32 Å². The molecule has 0 bridgehead atoms. The SMILES string of the molecule is Cc1cccc(C)c1-n1nnnc1CNCCc1c[nH]c2ccccc12. The molecule has 0 aliphatic carbocycles. The minimum Gasteiger partial charge on any atom is -0.361 e. The van der Waals surface area contributed by atoms with Crippen molar-refractivity contribution in [2.24, 2.45) is 0 Å². The fraction of sp³-hybridized carbons (Fsp3) is 0.250. The molecule has 2 aromatic heterocycles. The molecule has 6 nitrogen and oxygen atoms in total. The van der Waals surface area contributed by atoms with Gasteiger partial charge in [-0.15, -0.1) is 5.10 Å². The Labute approximate surface area is 152 Å². The van der Waals surface area contributed by atoms with Gasteiger partial charge in [0.15, 0.2) is 5.82 Å². The molecule has 2 heterocycles. The maximum Gasteiger partial charge on any atom is 0.170 e. The molecule has 0 spiro atoms. The smallest absolute Gasteiger partial charge is 0.170 e. The molecule has 6 heteroatoms. The zero-order chi connectivity index (χ0) is 17.9. The monoisotopic (exact) mass is 346 g/mol. The summed E-state index contributed by atoms with van der Waals surface area (Å²) in [5.41, 5.74) is 5.89. The number of fused-ring (bicyclic) bond motifs is 1. The minimum absolute atomic E-state index is 0.628. The van der Waals surface area contributed by atoms with Crippen molar-refractivity contribution in [3.63, 3.8) is 0 Å². The molecule has 0 fully saturated rings. The predicted molar refractivity (Wildman–Crippen MR) is 102 cm³/mol. The fourth-order valence-corrected chi connectivity index (χ4v) is 3.39. The van der Waals surface area contributed by atoms with E-state index in [9.17, 15) is 0 Å². The number of rotatable bonds is 6. The third kappa shape index (κ3) is 3.11. The van der Waals surface area contributed by atoms with Gasteiger partial charge in [0, 0.05) is 17.1 Å². The summed E-state index contributed by atoms with van der Waals surface area (Å²) in [5, 5.41) is 17.0. The molecule has 0 radical (unpaired) electrons. The van der Waals surface area contributed by atoms with Gasteiger partial charge in [0.25, 0.3) is 0 Å². The number of H-pyrrole nitrogens is 1. The highest BCUT2D eigenvalue weighted by Gasteiger charge is 2.12. The lowest BCUT2D eigenvalue weighted by Crippen LogP contribution is -2.20. The molecule has 26 heavy (non-hydrogen) atoms. The van der Waals surface area contributed by atoms with E-state index < -0.39 is 0 Å². The molecule has 4 rings (SSSR count). The Morgan fingerprint density at radius 2 is 1.85 bits per heavy atom. The van der Waals surface area contributed by atoms with Crippen molar-refractivity contribution < 1.29 is 0 Å². The summed E-state index contributed by atoms with van der Waals surface area (Å²) >= 11 is 0. The Bertz CT molecular complexity index is 1010. The third-order valence-electron chi connectivity index (χ3n) is 4.71. The summed E-state index contributed by atoms with van der Waals surface area (Å²) in [5.74, 6) is 0.821. The van der Waals surface area contributed by atoms with Crippen LogP contribution in [0.5, 0.6) is 0 Å². The van der Waals surface area contributed by atoms with Gasteiger partial charge in [-0.1, -0.05) is 36.4 Å². The molecule has 0 amide bonds. The van der Waals surface area contributed by atoms with Crippen LogP contribution in [0.3, 0.4) is 0 Å². The molecular formula is C20H22N6. The van der Waals surface area contributed by atoms with Crippen molar-refractivity contribution in [3.05, 3.63) is 71.2 Å². The fourth-order valence-electron chi connectivity index (χ4n) is 3.39. The van der Waals surface area contributed by atoms with Crippen LogP contribution in [0.1, 0.15) is 22.5 Å². The predicted octanol–water partition coefficient (Wildman–Crippen LogP) is 3.09. The summed E-state index contributed by atoms with van der Waals surface area (Å²) in [6.07, 6.45) is 3.04. The van der Waals surface area contributed by atoms with E-state index in [4.69, 9.17) is 0 Å². The van der Waals surface area contributed by atoms with Crippen molar-refractivity contribution >= 4 is 10.9 Å². The highest BCUT2D eigenvalue weighted by atomic mass is 15.5. The number of hydrogen-bond acceptors (Lipinski definition) is 4. The number of hydrogen-bond donors (Lipinski definition) is 2. The molecule has 2 aromatic carbocycles. The van der Waals surface area contributed by atoms with Gasteiger partial charge < -0.3 is 10.3 Å². The summed E-state index contributed by atoms with van der Waals surface area (Å²) in [6, 6.07) is 14.6. The number of tetrazole rings is 1. The Morgan fingerprint density at radius 3 is 2.69 bits per heavy atom. The molecule has 4 aromatic rings. The van der Waals surface area contributed by atoms with Crippen LogP contribution in [-0.2, 0) is 13.0 Å². The third-order valence-corrected chi connectivity index (χ3v) is 4.71. The number of para-hydroxylation sites is 2. The summed E-state index contributed by atoms with van der Waals surface area (Å²) in [4.78, 5) is 3.32. The van der Waals surface area contributed by atoms with E-state index in [1.165, 1.54) is 16.5 Å². The highest BCUT2D eigenvalue weighted by Crippen LogP contribution is 2.19. The Kier molecular flexibility index (Phi) is 4.50. The molecule has 0 saturated heterocycles. The molecule has 0 unspecified atom stereocenters. The van der Waals surface area contributed by atoms with E-state index in [2.05, 4.69) is 82.3 Å². The van der Waals surface area contributed by atoms with Gasteiger partial charge in [0.1, 0.15) is 0 Å². The van der Waals surface area contributed by atoms with E-state index in [-0.39, 0.29) is 0 Å². The normalized spacial score (nSPS) is 11.3. The minimum atomic E-state index is 0.628. The van der Waals surface area contributed by atoms with Gasteiger partial charge >= 0.3 is 0 Å². The number of aryl methyl sites for hydroxylation is 2. The quantitative estimate of drug-likeness (QED) is 0.526. The van der Waals surface area contributed by atoms with Crippen molar-refractivity contribution in [1.29, 1.82) is 0 Å². The highest BCUT2D eigenvalue weighted by molar-refractivity contribution is 5.83. The van der Waals surface area contributed by atoms with Gasteiger partial charge in [0.2, 0.25) is 0 Å². The van der Waals surface area contributed by atoms with E-state index in [1.54, 1.807) is 0 Å². The first kappa shape index (κ1) is 16.5. The molecule has 0 aliphatic heterocycles. The first-order valence-electron chi connectivity index (χ1n) is 8.83. The largest absolute Gasteiger partial charge is 0.361 e. The second-order valence-corrected chi connectivity index (χ2v) is 6.53. The number of benzene rings is 2. The summed E-state index contributed by atoms with van der Waals surface area (Å²) in [7, 11) is 0. The van der Waals surface area contributed by atoms with Crippen LogP contribution in [0.15, 0.2) is 48.7 Å². The van der Waals surface area contributed by atoms with Crippen LogP contribution in [0.4, 0.5) is 0 Å². The Hall–Kier alpha value is -2.99. The maximum absolute atomic E-state index is 4.19. The van der Waals surface area contributed by atoms with Gasteiger partial charge in [-0.2, -0.15) is 4.68 Å². The van der Waals surface area contributed by atoms with Gasteiger partial charge in [0.05, 0.1) is 12.2 Å². The molecular weight excluding hydrogens is 324 g/mol. The molecule has 0 saturated carbocycles. The van der Waals surface area contributed by atoms with Crippen LogP contribution in [0, 0.1) is 13.8 Å². The number of aromatic nitrogens is 5. The van der Waals surface area contributed by atoms with Gasteiger partial charge in [-0.3, -0.25) is 0 Å². The second-order valence-electron chi connectivity index (χ2n) is 6.53. The van der Waals surface area contributed by atoms with Crippen molar-refractivity contribution in [3.8, 4) is 5.69 Å². The van der Waals surface area contributed by atoms with E-state index in [0.717, 1.165) is 35.6 Å². The van der Waals surface area contributed by atoms with Crippen molar-refractivity contribution in [2.75, 3.05) is 6.54 Å². The lowest BCUT2D eigenvalue weighted by molar-refractivity contribution is 0.639. The zero-order valence-corrected chi connectivity index (χ0v) is 15.0. The van der Waals surface area contributed by atoms with Crippen LogP contribution in [0.2, 0.25) is 0 Å². The van der Waals surface area contributed by atoms with Gasteiger partial charge in [-0.25, -0.2) is 0 Å². The van der Waals surface area contributed by atoms with Crippen LogP contribution in [0.25, 0.3) is 16.6 Å². The van der Waals surface area contributed by atoms with E-state index in [1.807, 2.05) is 10.7 Å². The zero-order valence-electron chi connectivity index (χ0n) is 15.0. The van der Waals surface area contributed by atoms with Crippen molar-refractivity contribution in [2.45, 2.75) is 26.8 Å².